The van der Waals surface area contributed by atoms with Crippen LogP contribution in [0.1, 0.15) is 17.3 Å². The molecule has 35 heavy (non-hydrogen) atoms. The molecule has 1 heterocycles. The number of amides is 1. The average Bonchev–Trinajstić information content (AvgIpc) is 3.21. The molecule has 4 aromatic rings. The fourth-order valence-corrected chi connectivity index (χ4v) is 4.30. The average molecular weight is 498 g/mol. The summed E-state index contributed by atoms with van der Waals surface area (Å²) in [5.74, 6) is -0.979. The van der Waals surface area contributed by atoms with Crippen LogP contribution in [-0.2, 0) is 10.0 Å². The van der Waals surface area contributed by atoms with E-state index < -0.39 is 26.7 Å². The molecule has 0 fully saturated rings. The third kappa shape index (κ3) is 4.71. The van der Waals surface area contributed by atoms with Gasteiger partial charge in [0.1, 0.15) is 17.2 Å². The van der Waals surface area contributed by atoms with Gasteiger partial charge in [0.25, 0.3) is 11.6 Å². The van der Waals surface area contributed by atoms with Gasteiger partial charge in [-0.3, -0.25) is 19.6 Å². The second-order valence-electron chi connectivity index (χ2n) is 7.60. The molecular formula is C24H20FN3O6S. The van der Waals surface area contributed by atoms with E-state index in [-0.39, 0.29) is 34.0 Å². The molecule has 3 aromatic carbocycles. The Morgan fingerprint density at radius 3 is 2.43 bits per heavy atom. The number of nitrogens with zero attached hydrogens (tertiary/aromatic N) is 1. The summed E-state index contributed by atoms with van der Waals surface area (Å²) in [6.07, 6.45) is 0. The number of rotatable bonds is 7. The summed E-state index contributed by atoms with van der Waals surface area (Å²) in [6.45, 7) is 1.47. The molecule has 0 saturated heterocycles. The lowest BCUT2D eigenvalue weighted by atomic mass is 9.98. The Morgan fingerprint density at radius 2 is 1.80 bits per heavy atom. The minimum Gasteiger partial charge on any atom is -0.455 e. The quantitative estimate of drug-likeness (QED) is 0.275. The fourth-order valence-electron chi connectivity index (χ4n) is 3.65. The second-order valence-corrected chi connectivity index (χ2v) is 9.61. The van der Waals surface area contributed by atoms with Crippen molar-refractivity contribution in [2.45, 2.75) is 6.92 Å². The van der Waals surface area contributed by atoms with E-state index >= 15 is 0 Å². The Bertz CT molecular complexity index is 1560. The molecule has 4 rings (SSSR count). The zero-order chi connectivity index (χ0) is 25.3. The number of non-ortho nitro benzene ring substituents is 1. The van der Waals surface area contributed by atoms with E-state index in [9.17, 15) is 27.7 Å². The minimum absolute atomic E-state index is 0.128. The molecule has 2 N–H and O–H groups in total. The number of sulfonamides is 1. The summed E-state index contributed by atoms with van der Waals surface area (Å²) in [4.78, 5) is 23.6. The molecule has 0 spiro atoms. The SMILES string of the molecule is CCS(=O)(=O)Nc1cc2oc(-c3ccc(F)cc3)c(C(=O)NC)c2cc1-c1cccc([N+](=O)[O-])c1. The van der Waals surface area contributed by atoms with E-state index in [4.69, 9.17) is 4.42 Å². The van der Waals surface area contributed by atoms with E-state index in [2.05, 4.69) is 10.0 Å². The number of halogens is 1. The van der Waals surface area contributed by atoms with Crippen molar-refractivity contribution < 1.29 is 26.9 Å². The standard InChI is InChI=1S/C24H20FN3O6S/c1-3-35(32,33)27-20-13-21-19(12-18(20)15-5-4-6-17(11-15)28(30)31)22(24(29)26-2)23(34-21)14-7-9-16(25)10-8-14/h4-13,27H,3H2,1-2H3,(H,26,29). The fraction of sp³-hybridized carbons (Fsp3) is 0.125. The van der Waals surface area contributed by atoms with Gasteiger partial charge in [-0.05, 0) is 42.8 Å². The van der Waals surface area contributed by atoms with Crippen molar-refractivity contribution in [3.8, 4) is 22.5 Å². The number of benzene rings is 3. The first-order valence-corrected chi connectivity index (χ1v) is 12.1. The highest BCUT2D eigenvalue weighted by molar-refractivity contribution is 7.92. The van der Waals surface area contributed by atoms with E-state index in [1.54, 1.807) is 12.1 Å². The van der Waals surface area contributed by atoms with Crippen LogP contribution in [0.2, 0.25) is 0 Å². The van der Waals surface area contributed by atoms with Crippen molar-refractivity contribution in [1.82, 2.24) is 5.32 Å². The van der Waals surface area contributed by atoms with Gasteiger partial charge in [0.15, 0.2) is 0 Å². The van der Waals surface area contributed by atoms with Crippen LogP contribution >= 0.6 is 0 Å². The predicted octanol–water partition coefficient (Wildman–Crippen LogP) is 4.94. The number of nitro groups is 1. The highest BCUT2D eigenvalue weighted by Crippen LogP contribution is 2.40. The highest BCUT2D eigenvalue weighted by Gasteiger charge is 2.25. The monoisotopic (exact) mass is 497 g/mol. The van der Waals surface area contributed by atoms with Gasteiger partial charge < -0.3 is 9.73 Å². The highest BCUT2D eigenvalue weighted by atomic mass is 32.2. The van der Waals surface area contributed by atoms with Crippen molar-refractivity contribution in [3.05, 3.63) is 82.2 Å². The number of furan rings is 1. The van der Waals surface area contributed by atoms with Gasteiger partial charge in [-0.25, -0.2) is 12.8 Å². The van der Waals surface area contributed by atoms with E-state index in [1.807, 2.05) is 0 Å². The molecule has 0 atom stereocenters. The summed E-state index contributed by atoms with van der Waals surface area (Å²) in [7, 11) is -2.28. The Balaban J connectivity index is 2.05. The molecule has 0 bridgehead atoms. The molecule has 0 saturated carbocycles. The molecule has 0 aliphatic rings. The molecule has 0 aliphatic carbocycles. The Labute approximate surface area is 199 Å². The largest absolute Gasteiger partial charge is 0.455 e. The summed E-state index contributed by atoms with van der Waals surface area (Å²) < 4.78 is 46.7. The van der Waals surface area contributed by atoms with Crippen LogP contribution < -0.4 is 10.0 Å². The van der Waals surface area contributed by atoms with Crippen LogP contribution in [0.5, 0.6) is 0 Å². The maximum Gasteiger partial charge on any atom is 0.270 e. The van der Waals surface area contributed by atoms with Crippen LogP contribution in [-0.4, -0.2) is 32.0 Å². The van der Waals surface area contributed by atoms with Gasteiger partial charge in [0, 0.05) is 41.8 Å². The van der Waals surface area contributed by atoms with Crippen molar-refractivity contribution in [2.75, 3.05) is 17.5 Å². The summed E-state index contributed by atoms with van der Waals surface area (Å²) in [5.41, 5.74) is 1.42. The molecule has 0 unspecified atom stereocenters. The Hall–Kier alpha value is -4.25. The zero-order valence-corrected chi connectivity index (χ0v) is 19.5. The maximum atomic E-state index is 13.5. The number of nitrogens with one attached hydrogen (secondary N) is 2. The van der Waals surface area contributed by atoms with Crippen LogP contribution in [0.25, 0.3) is 33.4 Å². The first-order valence-electron chi connectivity index (χ1n) is 10.5. The van der Waals surface area contributed by atoms with Gasteiger partial charge in [-0.1, -0.05) is 12.1 Å². The van der Waals surface area contributed by atoms with Crippen LogP contribution in [0, 0.1) is 15.9 Å². The van der Waals surface area contributed by atoms with Crippen molar-refractivity contribution in [1.29, 1.82) is 0 Å². The molecule has 9 nitrogen and oxygen atoms in total. The molecule has 180 valence electrons. The first-order chi connectivity index (χ1) is 16.6. The normalized spacial score (nSPS) is 11.4. The summed E-state index contributed by atoms with van der Waals surface area (Å²) in [5, 5.41) is 14.2. The van der Waals surface area contributed by atoms with Gasteiger partial charge in [-0.15, -0.1) is 0 Å². The number of carbonyl (C=O) groups is 1. The van der Waals surface area contributed by atoms with E-state index in [1.165, 1.54) is 62.5 Å². The number of hydrogen-bond acceptors (Lipinski definition) is 6. The molecule has 1 amide bonds. The smallest absolute Gasteiger partial charge is 0.270 e. The Kier molecular flexibility index (Phi) is 6.27. The van der Waals surface area contributed by atoms with E-state index in [0.717, 1.165) is 0 Å². The van der Waals surface area contributed by atoms with Crippen LogP contribution in [0.3, 0.4) is 0 Å². The lowest BCUT2D eigenvalue weighted by molar-refractivity contribution is -0.384. The lowest BCUT2D eigenvalue weighted by Crippen LogP contribution is -2.18. The Morgan fingerprint density at radius 1 is 1.09 bits per heavy atom. The predicted molar refractivity (Wildman–Crippen MR) is 130 cm³/mol. The third-order valence-corrected chi connectivity index (χ3v) is 6.69. The van der Waals surface area contributed by atoms with Crippen LogP contribution in [0.4, 0.5) is 15.8 Å². The number of nitro benzene ring substituents is 1. The van der Waals surface area contributed by atoms with Crippen molar-refractivity contribution in [2.24, 2.45) is 0 Å². The molecule has 0 aliphatic heterocycles. The minimum atomic E-state index is -3.73. The molecule has 1 aromatic heterocycles. The number of carbonyl (C=O) groups excluding carboxylic acids is 1. The molecular weight excluding hydrogens is 477 g/mol. The van der Waals surface area contributed by atoms with Gasteiger partial charge in [-0.2, -0.15) is 0 Å². The summed E-state index contributed by atoms with van der Waals surface area (Å²) >= 11 is 0. The second kappa shape index (κ2) is 9.18. The summed E-state index contributed by atoms with van der Waals surface area (Å²) in [6, 6.07) is 14.1. The zero-order valence-electron chi connectivity index (χ0n) is 18.7. The van der Waals surface area contributed by atoms with Gasteiger partial charge >= 0.3 is 0 Å². The van der Waals surface area contributed by atoms with Gasteiger partial charge in [0.05, 0.1) is 21.9 Å². The number of anilines is 1. The maximum absolute atomic E-state index is 13.5. The number of fused-ring (bicyclic) bond motifs is 1. The van der Waals surface area contributed by atoms with Gasteiger partial charge in [0.2, 0.25) is 10.0 Å². The van der Waals surface area contributed by atoms with Crippen molar-refractivity contribution in [3.63, 3.8) is 0 Å². The first kappa shape index (κ1) is 23.9. The van der Waals surface area contributed by atoms with Crippen LogP contribution in [0.15, 0.2) is 65.1 Å². The third-order valence-electron chi connectivity index (χ3n) is 5.40. The molecule has 11 heteroatoms. The number of hydrogen-bond donors (Lipinski definition) is 2. The van der Waals surface area contributed by atoms with E-state index in [0.29, 0.717) is 22.1 Å². The topological polar surface area (TPSA) is 132 Å². The lowest BCUT2D eigenvalue weighted by Gasteiger charge is -2.13. The van der Waals surface area contributed by atoms with Crippen molar-refractivity contribution >= 4 is 38.3 Å². The molecule has 0 radical (unpaired) electrons.